The quantitative estimate of drug-likeness (QED) is 0.819. The van der Waals surface area contributed by atoms with Crippen LogP contribution in [0.3, 0.4) is 0 Å². The lowest BCUT2D eigenvalue weighted by atomic mass is 10.1. The highest BCUT2D eigenvalue weighted by molar-refractivity contribution is 6.04. The Bertz CT molecular complexity index is 812. The first-order valence-electron chi connectivity index (χ1n) is 8.56. The summed E-state index contributed by atoms with van der Waals surface area (Å²) in [6.45, 7) is 9.65. The van der Waals surface area contributed by atoms with Gasteiger partial charge in [-0.1, -0.05) is 20.8 Å². The first-order chi connectivity index (χ1) is 12.3. The van der Waals surface area contributed by atoms with Crippen LogP contribution in [0.1, 0.15) is 38.1 Å². The molecule has 0 aliphatic rings. The van der Waals surface area contributed by atoms with E-state index < -0.39 is 5.97 Å². The summed E-state index contributed by atoms with van der Waals surface area (Å²) in [6.07, 6.45) is 1.35. The van der Waals surface area contributed by atoms with Gasteiger partial charge in [0.25, 0.3) is 5.56 Å². The number of aryl methyl sites for hydroxylation is 1. The van der Waals surface area contributed by atoms with Gasteiger partial charge in [-0.2, -0.15) is 0 Å². The summed E-state index contributed by atoms with van der Waals surface area (Å²) in [5.74, 6) is -0.317. The molecule has 0 aliphatic carbocycles. The van der Waals surface area contributed by atoms with Crippen molar-refractivity contribution in [2.45, 2.75) is 40.3 Å². The molecule has 144 valence electrons. The molecule has 0 bridgehead atoms. The van der Waals surface area contributed by atoms with Crippen molar-refractivity contribution in [3.8, 4) is 11.5 Å². The van der Waals surface area contributed by atoms with Gasteiger partial charge in [-0.05, 0) is 25.6 Å². The molecule has 0 fully saturated rings. The van der Waals surface area contributed by atoms with Crippen LogP contribution in [0.4, 0.5) is 0 Å². The third-order valence-corrected chi connectivity index (χ3v) is 3.77. The summed E-state index contributed by atoms with van der Waals surface area (Å²) >= 11 is 0. The van der Waals surface area contributed by atoms with Crippen LogP contribution in [-0.2, 0) is 6.54 Å². The molecule has 26 heavy (non-hydrogen) atoms. The van der Waals surface area contributed by atoms with Gasteiger partial charge in [0.05, 0.1) is 25.2 Å². The average Bonchev–Trinajstić information content (AvgIpc) is 2.61. The van der Waals surface area contributed by atoms with Gasteiger partial charge in [0.2, 0.25) is 0 Å². The molecule has 0 saturated heterocycles. The first kappa shape index (κ1) is 21.5. The molecule has 0 atom stereocenters. The van der Waals surface area contributed by atoms with Crippen molar-refractivity contribution in [3.63, 3.8) is 0 Å². The zero-order valence-electron chi connectivity index (χ0n) is 16.3. The molecule has 2 rings (SSSR count). The van der Waals surface area contributed by atoms with Gasteiger partial charge < -0.3 is 24.5 Å². The topological polar surface area (TPSA) is 89.8 Å². The third kappa shape index (κ3) is 4.98. The Hall–Kier alpha value is -2.54. The lowest BCUT2D eigenvalue weighted by molar-refractivity contribution is 0.0698. The van der Waals surface area contributed by atoms with Crippen molar-refractivity contribution >= 4 is 16.7 Å². The molecule has 1 aromatic heterocycles. The molecule has 0 amide bonds. The van der Waals surface area contributed by atoms with Crippen LogP contribution in [0.2, 0.25) is 0 Å². The number of ether oxygens (including phenoxy) is 2. The highest BCUT2D eigenvalue weighted by atomic mass is 16.5. The number of hydrogen-bond acceptors (Lipinski definition) is 5. The molecule has 0 aliphatic heterocycles. The van der Waals surface area contributed by atoms with E-state index in [9.17, 15) is 14.7 Å². The largest absolute Gasteiger partial charge is 0.493 e. The second kappa shape index (κ2) is 9.82. The molecular formula is C19H28N2O5. The van der Waals surface area contributed by atoms with Crippen molar-refractivity contribution in [1.29, 1.82) is 0 Å². The number of fused-ring (bicyclic) bond motifs is 1. The third-order valence-electron chi connectivity index (χ3n) is 3.77. The lowest BCUT2D eigenvalue weighted by Crippen LogP contribution is -2.21. The number of aromatic carboxylic acids is 1. The van der Waals surface area contributed by atoms with Crippen LogP contribution in [0, 0.1) is 0 Å². The van der Waals surface area contributed by atoms with Crippen molar-refractivity contribution < 1.29 is 19.4 Å². The summed E-state index contributed by atoms with van der Waals surface area (Å²) in [5.41, 5.74) is -0.198. The van der Waals surface area contributed by atoms with E-state index in [0.29, 0.717) is 34.9 Å². The molecule has 1 aromatic carbocycles. The van der Waals surface area contributed by atoms with E-state index in [1.165, 1.54) is 37.1 Å². The van der Waals surface area contributed by atoms with Crippen LogP contribution >= 0.6 is 0 Å². The second-order valence-corrected chi connectivity index (χ2v) is 5.90. The zero-order valence-corrected chi connectivity index (χ0v) is 16.3. The predicted molar refractivity (Wildman–Crippen MR) is 103 cm³/mol. The Labute approximate surface area is 153 Å². The minimum absolute atomic E-state index is 0.0578. The van der Waals surface area contributed by atoms with E-state index in [1.807, 2.05) is 0 Å². The highest BCUT2D eigenvalue weighted by Crippen LogP contribution is 2.32. The number of carbonyl (C=O) groups is 1. The van der Waals surface area contributed by atoms with Gasteiger partial charge in [0, 0.05) is 24.2 Å². The van der Waals surface area contributed by atoms with Gasteiger partial charge >= 0.3 is 5.97 Å². The summed E-state index contributed by atoms with van der Waals surface area (Å²) in [5, 5.41) is 13.1. The summed E-state index contributed by atoms with van der Waals surface area (Å²) in [6, 6.07) is 3.67. The maximum absolute atomic E-state index is 12.3. The van der Waals surface area contributed by atoms with Crippen molar-refractivity contribution in [2.24, 2.45) is 0 Å². The second-order valence-electron chi connectivity index (χ2n) is 5.90. The molecule has 0 saturated carbocycles. The summed E-state index contributed by atoms with van der Waals surface area (Å²) < 4.78 is 11.7. The smallest absolute Gasteiger partial charge is 0.337 e. The first-order valence-corrected chi connectivity index (χ1v) is 8.56. The molecule has 1 heterocycles. The fourth-order valence-corrected chi connectivity index (χ4v) is 2.53. The number of aromatic nitrogens is 1. The monoisotopic (exact) mass is 364 g/mol. The van der Waals surface area contributed by atoms with Crippen LogP contribution in [0.25, 0.3) is 10.8 Å². The SMILES string of the molecule is CCNC(C)C.CCn1cc(C(=O)O)c2cc(OC)c(OC)cc2c1=O. The molecule has 0 unspecified atom stereocenters. The van der Waals surface area contributed by atoms with Crippen molar-refractivity contribution in [1.82, 2.24) is 9.88 Å². The van der Waals surface area contributed by atoms with Crippen LogP contribution in [0.5, 0.6) is 11.5 Å². The van der Waals surface area contributed by atoms with Crippen LogP contribution in [-0.4, -0.2) is 42.4 Å². The number of benzene rings is 1. The number of pyridine rings is 1. The molecular weight excluding hydrogens is 336 g/mol. The van der Waals surface area contributed by atoms with E-state index in [2.05, 4.69) is 26.1 Å². The average molecular weight is 364 g/mol. The Balaban J connectivity index is 0.000000487. The van der Waals surface area contributed by atoms with Gasteiger partial charge in [-0.15, -0.1) is 0 Å². The Kier molecular flexibility index (Phi) is 8.12. The number of rotatable bonds is 6. The van der Waals surface area contributed by atoms with E-state index in [4.69, 9.17) is 9.47 Å². The molecule has 2 N–H and O–H groups in total. The number of hydrogen-bond donors (Lipinski definition) is 2. The predicted octanol–water partition coefficient (Wildman–Crippen LogP) is 2.74. The van der Waals surface area contributed by atoms with Gasteiger partial charge in [-0.3, -0.25) is 4.79 Å². The number of methoxy groups -OCH3 is 2. The molecule has 0 spiro atoms. The highest BCUT2D eigenvalue weighted by Gasteiger charge is 2.17. The Morgan fingerprint density at radius 1 is 1.15 bits per heavy atom. The fraction of sp³-hybridized carbons (Fsp3) is 0.474. The number of carboxylic acid groups (broad SMARTS) is 1. The summed E-state index contributed by atoms with van der Waals surface area (Å²) in [7, 11) is 2.92. The number of nitrogens with one attached hydrogen (secondary N) is 1. The van der Waals surface area contributed by atoms with Crippen molar-refractivity contribution in [2.75, 3.05) is 20.8 Å². The van der Waals surface area contributed by atoms with Gasteiger partial charge in [0.1, 0.15) is 0 Å². The minimum Gasteiger partial charge on any atom is -0.493 e. The fourth-order valence-electron chi connectivity index (χ4n) is 2.53. The van der Waals surface area contributed by atoms with Gasteiger partial charge in [-0.25, -0.2) is 4.79 Å². The standard InChI is InChI=1S/C14H15NO5.C5H13N/c1-4-15-7-10(14(17)18)8-5-11(19-2)12(20-3)6-9(8)13(15)16;1-4-6-5(2)3/h5-7H,4H2,1-3H3,(H,17,18);5-6H,4H2,1-3H3. The molecule has 2 aromatic rings. The summed E-state index contributed by atoms with van der Waals surface area (Å²) in [4.78, 5) is 23.6. The normalized spacial score (nSPS) is 10.4. The Morgan fingerprint density at radius 3 is 2.04 bits per heavy atom. The van der Waals surface area contributed by atoms with Crippen LogP contribution in [0.15, 0.2) is 23.1 Å². The van der Waals surface area contributed by atoms with Crippen molar-refractivity contribution in [3.05, 3.63) is 34.2 Å². The number of nitrogens with zero attached hydrogens (tertiary/aromatic N) is 1. The van der Waals surface area contributed by atoms with Crippen LogP contribution < -0.4 is 20.3 Å². The van der Waals surface area contributed by atoms with E-state index in [0.717, 1.165) is 6.54 Å². The maximum Gasteiger partial charge on any atom is 0.337 e. The minimum atomic E-state index is -1.09. The van der Waals surface area contributed by atoms with Gasteiger partial charge in [0.15, 0.2) is 11.5 Å². The Morgan fingerprint density at radius 2 is 1.69 bits per heavy atom. The van der Waals surface area contributed by atoms with E-state index in [1.54, 1.807) is 6.92 Å². The van der Waals surface area contributed by atoms with E-state index >= 15 is 0 Å². The zero-order chi connectivity index (χ0) is 19.9. The maximum atomic E-state index is 12.3. The van der Waals surface area contributed by atoms with E-state index in [-0.39, 0.29) is 11.1 Å². The molecule has 7 nitrogen and oxygen atoms in total. The molecule has 0 radical (unpaired) electrons. The molecule has 7 heteroatoms. The lowest BCUT2D eigenvalue weighted by Gasteiger charge is -2.12. The number of carboxylic acids is 1.